The smallest absolute Gasteiger partial charge is 0.243 e. The van der Waals surface area contributed by atoms with Gasteiger partial charge in [0.2, 0.25) is 5.91 Å². The highest BCUT2D eigenvalue weighted by Crippen LogP contribution is 2.20. The van der Waals surface area contributed by atoms with Gasteiger partial charge in [-0.3, -0.25) is 4.79 Å². The first kappa shape index (κ1) is 17.5. The summed E-state index contributed by atoms with van der Waals surface area (Å²) in [6.45, 7) is 5.86. The number of likely N-dealkylation sites (N-methyl/N-ethyl adjacent to an activating group) is 1. The molecule has 0 radical (unpaired) electrons. The molecule has 2 aliphatic rings. The predicted molar refractivity (Wildman–Crippen MR) is 99.9 cm³/mol. The summed E-state index contributed by atoms with van der Waals surface area (Å²) in [5.41, 5.74) is 1.23. The molecule has 2 fully saturated rings. The van der Waals surface area contributed by atoms with Crippen molar-refractivity contribution >= 4 is 17.7 Å². The highest BCUT2D eigenvalue weighted by Gasteiger charge is 2.27. The van der Waals surface area contributed by atoms with Gasteiger partial charge in [0, 0.05) is 52.5 Å². The second-order valence-corrected chi connectivity index (χ2v) is 7.01. The summed E-state index contributed by atoms with van der Waals surface area (Å²) in [7, 11) is 3.53. The summed E-state index contributed by atoms with van der Waals surface area (Å²) in [6, 6.07) is 4.67. The van der Waals surface area contributed by atoms with E-state index in [9.17, 15) is 4.79 Å². The van der Waals surface area contributed by atoms with Crippen molar-refractivity contribution in [3.05, 3.63) is 23.9 Å². The van der Waals surface area contributed by atoms with Crippen LogP contribution in [-0.4, -0.2) is 79.5 Å². The van der Waals surface area contributed by atoms with Crippen LogP contribution in [0.2, 0.25) is 0 Å². The van der Waals surface area contributed by atoms with E-state index in [1.807, 2.05) is 12.3 Å². The SMILES string of the molecule is Cc1ccnc(N2CCN(C(=NCC(=O)N(C)C)NC3CC3)CC2)c1. The molecule has 7 heteroatoms. The number of nitrogens with zero attached hydrogens (tertiary/aromatic N) is 5. The first-order valence-electron chi connectivity index (χ1n) is 8.96. The van der Waals surface area contributed by atoms with E-state index in [2.05, 4.69) is 38.1 Å². The summed E-state index contributed by atoms with van der Waals surface area (Å²) in [4.78, 5) is 27.1. The van der Waals surface area contributed by atoms with Crippen LogP contribution in [0, 0.1) is 6.92 Å². The van der Waals surface area contributed by atoms with Crippen molar-refractivity contribution in [3.63, 3.8) is 0 Å². The molecule has 3 rings (SSSR count). The monoisotopic (exact) mass is 344 g/mol. The van der Waals surface area contributed by atoms with Crippen LogP contribution in [0.4, 0.5) is 5.82 Å². The van der Waals surface area contributed by atoms with Crippen LogP contribution in [0.3, 0.4) is 0 Å². The molecule has 1 aromatic heterocycles. The van der Waals surface area contributed by atoms with Crippen molar-refractivity contribution in [2.75, 3.05) is 51.7 Å². The fourth-order valence-corrected chi connectivity index (χ4v) is 2.77. The summed E-state index contributed by atoms with van der Waals surface area (Å²) < 4.78 is 0. The molecule has 0 atom stereocenters. The number of pyridine rings is 1. The number of hydrogen-bond donors (Lipinski definition) is 1. The molecule has 0 unspecified atom stereocenters. The molecule has 1 aliphatic carbocycles. The van der Waals surface area contributed by atoms with E-state index < -0.39 is 0 Å². The van der Waals surface area contributed by atoms with E-state index in [0.717, 1.165) is 38.0 Å². The highest BCUT2D eigenvalue weighted by atomic mass is 16.2. The van der Waals surface area contributed by atoms with Crippen molar-refractivity contribution in [1.82, 2.24) is 20.1 Å². The maximum atomic E-state index is 11.9. The first-order valence-corrected chi connectivity index (χ1v) is 8.96. The summed E-state index contributed by atoms with van der Waals surface area (Å²) in [5, 5.41) is 3.49. The molecule has 0 bridgehead atoms. The topological polar surface area (TPSA) is 64.1 Å². The van der Waals surface area contributed by atoms with Gasteiger partial charge in [-0.1, -0.05) is 0 Å². The number of aromatic nitrogens is 1. The van der Waals surface area contributed by atoms with E-state index in [0.29, 0.717) is 6.04 Å². The quantitative estimate of drug-likeness (QED) is 0.644. The van der Waals surface area contributed by atoms with Crippen molar-refractivity contribution in [2.24, 2.45) is 4.99 Å². The number of aliphatic imine (C=N–C) groups is 1. The number of carbonyl (C=O) groups is 1. The van der Waals surface area contributed by atoms with Gasteiger partial charge in [-0.25, -0.2) is 9.98 Å². The fourth-order valence-electron chi connectivity index (χ4n) is 2.77. The Hall–Kier alpha value is -2.31. The third-order valence-corrected chi connectivity index (χ3v) is 4.58. The predicted octanol–water partition coefficient (Wildman–Crippen LogP) is 0.708. The summed E-state index contributed by atoms with van der Waals surface area (Å²) in [6.07, 6.45) is 4.24. The zero-order chi connectivity index (χ0) is 17.8. The minimum absolute atomic E-state index is 0.0256. The Kier molecular flexibility index (Phi) is 5.40. The van der Waals surface area contributed by atoms with E-state index in [-0.39, 0.29) is 12.5 Å². The first-order chi connectivity index (χ1) is 12.0. The third kappa shape index (κ3) is 4.84. The lowest BCUT2D eigenvalue weighted by Gasteiger charge is -2.37. The van der Waals surface area contributed by atoms with Crippen molar-refractivity contribution in [2.45, 2.75) is 25.8 Å². The van der Waals surface area contributed by atoms with Crippen LogP contribution in [0.5, 0.6) is 0 Å². The minimum Gasteiger partial charge on any atom is -0.353 e. The number of amides is 1. The molecule has 0 aromatic carbocycles. The number of nitrogens with one attached hydrogen (secondary N) is 1. The van der Waals surface area contributed by atoms with Crippen LogP contribution in [0.15, 0.2) is 23.3 Å². The maximum absolute atomic E-state index is 11.9. The number of piperazine rings is 1. The van der Waals surface area contributed by atoms with Gasteiger partial charge in [-0.2, -0.15) is 0 Å². The number of anilines is 1. The van der Waals surface area contributed by atoms with Gasteiger partial charge in [0.1, 0.15) is 12.4 Å². The molecule has 1 aromatic rings. The van der Waals surface area contributed by atoms with Gasteiger partial charge in [0.15, 0.2) is 5.96 Å². The zero-order valence-electron chi connectivity index (χ0n) is 15.4. The van der Waals surface area contributed by atoms with E-state index >= 15 is 0 Å². The second kappa shape index (κ2) is 7.72. The van der Waals surface area contributed by atoms with Gasteiger partial charge >= 0.3 is 0 Å². The Morgan fingerprint density at radius 2 is 2.04 bits per heavy atom. The number of aryl methyl sites for hydroxylation is 1. The molecular formula is C18H28N6O. The Bertz CT molecular complexity index is 632. The van der Waals surface area contributed by atoms with Crippen molar-refractivity contribution in [1.29, 1.82) is 0 Å². The highest BCUT2D eigenvalue weighted by molar-refractivity contribution is 5.85. The molecule has 0 spiro atoms. The van der Waals surface area contributed by atoms with Crippen LogP contribution in [0.1, 0.15) is 18.4 Å². The third-order valence-electron chi connectivity index (χ3n) is 4.58. The summed E-state index contributed by atoms with van der Waals surface area (Å²) >= 11 is 0. The van der Waals surface area contributed by atoms with Gasteiger partial charge in [0.05, 0.1) is 0 Å². The molecule has 25 heavy (non-hydrogen) atoms. The number of hydrogen-bond acceptors (Lipinski definition) is 4. The largest absolute Gasteiger partial charge is 0.353 e. The average Bonchev–Trinajstić information content (AvgIpc) is 3.42. The summed E-state index contributed by atoms with van der Waals surface area (Å²) in [5.74, 6) is 1.93. The Balaban J connectivity index is 1.61. The second-order valence-electron chi connectivity index (χ2n) is 7.01. The van der Waals surface area contributed by atoms with Crippen molar-refractivity contribution in [3.8, 4) is 0 Å². The molecular weight excluding hydrogens is 316 g/mol. The van der Waals surface area contributed by atoms with Crippen LogP contribution in [0.25, 0.3) is 0 Å². The van der Waals surface area contributed by atoms with Gasteiger partial charge < -0.3 is 20.0 Å². The number of rotatable bonds is 4. The lowest BCUT2D eigenvalue weighted by Crippen LogP contribution is -2.53. The number of carbonyl (C=O) groups excluding carboxylic acids is 1. The van der Waals surface area contributed by atoms with Crippen LogP contribution < -0.4 is 10.2 Å². The molecule has 1 saturated carbocycles. The fraction of sp³-hybridized carbons (Fsp3) is 0.611. The van der Waals surface area contributed by atoms with E-state index in [1.54, 1.807) is 19.0 Å². The molecule has 136 valence electrons. The lowest BCUT2D eigenvalue weighted by molar-refractivity contribution is -0.127. The Morgan fingerprint density at radius 3 is 2.64 bits per heavy atom. The molecule has 7 nitrogen and oxygen atoms in total. The van der Waals surface area contributed by atoms with Gasteiger partial charge in [0.25, 0.3) is 0 Å². The normalized spacial score (nSPS) is 18.3. The molecule has 1 saturated heterocycles. The van der Waals surface area contributed by atoms with Gasteiger partial charge in [-0.05, 0) is 37.5 Å². The maximum Gasteiger partial charge on any atom is 0.243 e. The molecule has 1 N–H and O–H groups in total. The molecule has 1 aliphatic heterocycles. The van der Waals surface area contributed by atoms with Gasteiger partial charge in [-0.15, -0.1) is 0 Å². The number of guanidine groups is 1. The zero-order valence-corrected chi connectivity index (χ0v) is 15.4. The molecule has 2 heterocycles. The van der Waals surface area contributed by atoms with Crippen LogP contribution in [-0.2, 0) is 4.79 Å². The standard InChI is InChI=1S/C18H28N6O/c1-14-6-7-19-16(12-14)23-8-10-24(11-9-23)18(21-15-4-5-15)20-13-17(25)22(2)3/h6-7,12,15H,4-5,8-11,13H2,1-3H3,(H,20,21). The lowest BCUT2D eigenvalue weighted by atomic mass is 10.2. The molecule has 1 amide bonds. The van der Waals surface area contributed by atoms with E-state index in [1.165, 1.54) is 18.4 Å². The Morgan fingerprint density at radius 1 is 1.32 bits per heavy atom. The van der Waals surface area contributed by atoms with Crippen molar-refractivity contribution < 1.29 is 4.79 Å². The van der Waals surface area contributed by atoms with Crippen LogP contribution >= 0.6 is 0 Å². The minimum atomic E-state index is 0.0256. The average molecular weight is 344 g/mol. The van der Waals surface area contributed by atoms with E-state index in [4.69, 9.17) is 0 Å². The Labute approximate surface area is 149 Å².